The first-order valence-electron chi connectivity index (χ1n) is 10.3. The van der Waals surface area contributed by atoms with Gasteiger partial charge in [0, 0.05) is 12.2 Å². The molecule has 2 aromatic carbocycles. The summed E-state index contributed by atoms with van der Waals surface area (Å²) >= 11 is 1.25. The van der Waals surface area contributed by atoms with Crippen LogP contribution in [0.15, 0.2) is 53.7 Å². The van der Waals surface area contributed by atoms with E-state index in [0.717, 1.165) is 0 Å². The zero-order valence-electron chi connectivity index (χ0n) is 18.4. The number of benzene rings is 2. The number of halogens is 2. The van der Waals surface area contributed by atoms with Gasteiger partial charge in [-0.3, -0.25) is 4.79 Å². The van der Waals surface area contributed by atoms with Gasteiger partial charge in [0.15, 0.2) is 28.7 Å². The Bertz CT molecular complexity index is 1070. The number of carbonyl (C=O) groups excluding carboxylic acids is 1. The molecule has 1 aromatic heterocycles. The lowest BCUT2D eigenvalue weighted by Gasteiger charge is -2.19. The van der Waals surface area contributed by atoms with Crippen LogP contribution in [0.5, 0.6) is 5.75 Å². The SMILES string of the molecule is CC(C)Cn1c(SC(C)C(=O)Nc2cccc(F)c2)nnc1C(C)Oc1ccccc1F. The number of aromatic nitrogens is 3. The number of amides is 1. The molecule has 1 heterocycles. The number of nitrogens with zero attached hydrogens (tertiary/aromatic N) is 3. The van der Waals surface area contributed by atoms with Gasteiger partial charge in [-0.05, 0) is 50.1 Å². The lowest BCUT2D eigenvalue weighted by atomic mass is 10.2. The number of para-hydroxylation sites is 1. The van der Waals surface area contributed by atoms with Crippen molar-refractivity contribution in [2.45, 2.75) is 50.8 Å². The predicted molar refractivity (Wildman–Crippen MR) is 121 cm³/mol. The molecule has 0 aliphatic carbocycles. The zero-order chi connectivity index (χ0) is 23.3. The molecule has 1 N–H and O–H groups in total. The Kier molecular flexibility index (Phi) is 7.84. The highest BCUT2D eigenvalue weighted by atomic mass is 32.2. The number of hydrogen-bond donors (Lipinski definition) is 1. The molecule has 2 atom stereocenters. The summed E-state index contributed by atoms with van der Waals surface area (Å²) < 4.78 is 35.1. The molecule has 170 valence electrons. The molecule has 0 fully saturated rings. The molecule has 32 heavy (non-hydrogen) atoms. The minimum absolute atomic E-state index is 0.135. The highest BCUT2D eigenvalue weighted by molar-refractivity contribution is 8.00. The third-order valence-electron chi connectivity index (χ3n) is 4.54. The third-order valence-corrected chi connectivity index (χ3v) is 5.62. The molecule has 0 saturated carbocycles. The van der Waals surface area contributed by atoms with Crippen molar-refractivity contribution in [3.8, 4) is 5.75 Å². The van der Waals surface area contributed by atoms with Gasteiger partial charge in [-0.2, -0.15) is 0 Å². The van der Waals surface area contributed by atoms with Crippen LogP contribution >= 0.6 is 11.8 Å². The molecular weight excluding hydrogens is 434 g/mol. The number of rotatable bonds is 9. The summed E-state index contributed by atoms with van der Waals surface area (Å²) in [5, 5.41) is 11.3. The van der Waals surface area contributed by atoms with Crippen molar-refractivity contribution in [1.29, 1.82) is 0 Å². The summed E-state index contributed by atoms with van der Waals surface area (Å²) in [5.74, 6) is -0.198. The molecule has 0 aliphatic heterocycles. The number of ether oxygens (including phenoxy) is 1. The van der Waals surface area contributed by atoms with Gasteiger partial charge in [0.1, 0.15) is 5.82 Å². The third kappa shape index (κ3) is 6.06. The van der Waals surface area contributed by atoms with E-state index in [1.54, 1.807) is 38.1 Å². The second-order valence-electron chi connectivity index (χ2n) is 7.80. The number of thioether (sulfide) groups is 1. The van der Waals surface area contributed by atoms with Gasteiger partial charge in [0.2, 0.25) is 5.91 Å². The lowest BCUT2D eigenvalue weighted by Crippen LogP contribution is -2.23. The van der Waals surface area contributed by atoms with Crippen molar-refractivity contribution in [2.24, 2.45) is 5.92 Å². The molecule has 0 bridgehead atoms. The summed E-state index contributed by atoms with van der Waals surface area (Å²) in [6, 6.07) is 11.9. The maximum Gasteiger partial charge on any atom is 0.237 e. The van der Waals surface area contributed by atoms with Crippen molar-refractivity contribution in [3.63, 3.8) is 0 Å². The van der Waals surface area contributed by atoms with E-state index >= 15 is 0 Å². The zero-order valence-corrected chi connectivity index (χ0v) is 19.2. The lowest BCUT2D eigenvalue weighted by molar-refractivity contribution is -0.115. The van der Waals surface area contributed by atoms with Crippen LogP contribution in [-0.2, 0) is 11.3 Å². The summed E-state index contributed by atoms with van der Waals surface area (Å²) in [7, 11) is 0. The van der Waals surface area contributed by atoms with Crippen molar-refractivity contribution in [3.05, 3.63) is 66.0 Å². The summed E-state index contributed by atoms with van der Waals surface area (Å²) in [6.07, 6.45) is -0.552. The van der Waals surface area contributed by atoms with Crippen LogP contribution < -0.4 is 10.1 Å². The van der Waals surface area contributed by atoms with Gasteiger partial charge in [-0.25, -0.2) is 8.78 Å². The maximum absolute atomic E-state index is 14.0. The van der Waals surface area contributed by atoms with E-state index in [1.165, 1.54) is 36.0 Å². The standard InChI is InChI=1S/C23H26F2N4O2S/c1-14(2)13-29-21(15(3)31-20-11-6-5-10-19(20)25)27-28-23(29)32-16(4)22(30)26-18-9-7-8-17(24)12-18/h5-12,14-16H,13H2,1-4H3,(H,26,30). The summed E-state index contributed by atoms with van der Waals surface area (Å²) in [4.78, 5) is 12.6. The Balaban J connectivity index is 1.76. The molecular formula is C23H26F2N4O2S. The van der Waals surface area contributed by atoms with Crippen LogP contribution in [0.2, 0.25) is 0 Å². The molecule has 1 amide bonds. The second kappa shape index (κ2) is 10.6. The second-order valence-corrected chi connectivity index (χ2v) is 9.10. The van der Waals surface area contributed by atoms with Gasteiger partial charge in [-0.1, -0.05) is 43.8 Å². The topological polar surface area (TPSA) is 69.0 Å². The average molecular weight is 461 g/mol. The van der Waals surface area contributed by atoms with Crippen LogP contribution in [0, 0.1) is 17.6 Å². The van der Waals surface area contributed by atoms with Crippen molar-refractivity contribution in [2.75, 3.05) is 5.32 Å². The number of anilines is 1. The minimum Gasteiger partial charge on any atom is -0.480 e. The normalized spacial score (nSPS) is 13.1. The maximum atomic E-state index is 14.0. The molecule has 3 aromatic rings. The average Bonchev–Trinajstić information content (AvgIpc) is 3.11. The van der Waals surface area contributed by atoms with Crippen molar-refractivity contribution in [1.82, 2.24) is 14.8 Å². The summed E-state index contributed by atoms with van der Waals surface area (Å²) in [5.41, 5.74) is 0.388. The Morgan fingerprint density at radius 1 is 1.09 bits per heavy atom. The Labute approximate surface area is 190 Å². The largest absolute Gasteiger partial charge is 0.480 e. The van der Waals surface area contributed by atoms with E-state index < -0.39 is 23.0 Å². The monoisotopic (exact) mass is 460 g/mol. The van der Waals surface area contributed by atoms with Crippen LogP contribution in [0.4, 0.5) is 14.5 Å². The molecule has 0 saturated heterocycles. The summed E-state index contributed by atoms with van der Waals surface area (Å²) in [6.45, 7) is 8.24. The molecule has 0 spiro atoms. The first kappa shape index (κ1) is 23.7. The van der Waals surface area contributed by atoms with Gasteiger partial charge in [-0.15, -0.1) is 10.2 Å². The molecule has 9 heteroatoms. The van der Waals surface area contributed by atoms with E-state index in [-0.39, 0.29) is 17.6 Å². The molecule has 2 unspecified atom stereocenters. The number of carbonyl (C=O) groups is 1. The Morgan fingerprint density at radius 2 is 1.84 bits per heavy atom. The van der Waals surface area contributed by atoms with Crippen LogP contribution in [0.3, 0.4) is 0 Å². The number of hydrogen-bond acceptors (Lipinski definition) is 5. The van der Waals surface area contributed by atoms with E-state index in [0.29, 0.717) is 23.2 Å². The highest BCUT2D eigenvalue weighted by Gasteiger charge is 2.24. The first-order valence-corrected chi connectivity index (χ1v) is 11.2. The van der Waals surface area contributed by atoms with E-state index in [2.05, 4.69) is 29.4 Å². The van der Waals surface area contributed by atoms with Gasteiger partial charge in [0.25, 0.3) is 0 Å². The fourth-order valence-electron chi connectivity index (χ4n) is 3.03. The van der Waals surface area contributed by atoms with E-state index in [4.69, 9.17) is 4.74 Å². The molecule has 0 radical (unpaired) electrons. The Hall–Kier alpha value is -2.94. The smallest absolute Gasteiger partial charge is 0.237 e. The minimum atomic E-state index is -0.552. The highest BCUT2D eigenvalue weighted by Crippen LogP contribution is 2.29. The fourth-order valence-corrected chi connectivity index (χ4v) is 3.90. The molecule has 3 rings (SSSR count). The Morgan fingerprint density at radius 3 is 2.53 bits per heavy atom. The van der Waals surface area contributed by atoms with Gasteiger partial charge < -0.3 is 14.6 Å². The quantitative estimate of drug-likeness (QED) is 0.429. The fraction of sp³-hybridized carbons (Fsp3) is 0.348. The van der Waals surface area contributed by atoms with Crippen molar-refractivity contribution < 1.29 is 18.3 Å². The number of nitrogens with one attached hydrogen (secondary N) is 1. The molecule has 6 nitrogen and oxygen atoms in total. The predicted octanol–water partition coefficient (Wildman–Crippen LogP) is 5.47. The van der Waals surface area contributed by atoms with Gasteiger partial charge >= 0.3 is 0 Å². The van der Waals surface area contributed by atoms with E-state index in [1.807, 2.05) is 4.57 Å². The van der Waals surface area contributed by atoms with Crippen LogP contribution in [-0.4, -0.2) is 25.9 Å². The molecule has 0 aliphatic rings. The van der Waals surface area contributed by atoms with E-state index in [9.17, 15) is 13.6 Å². The van der Waals surface area contributed by atoms with Crippen molar-refractivity contribution >= 4 is 23.4 Å². The van der Waals surface area contributed by atoms with Crippen LogP contribution in [0.25, 0.3) is 0 Å². The van der Waals surface area contributed by atoms with Crippen LogP contribution in [0.1, 0.15) is 39.6 Å². The first-order chi connectivity index (χ1) is 15.2. The van der Waals surface area contributed by atoms with Gasteiger partial charge in [0.05, 0.1) is 5.25 Å².